The Balaban J connectivity index is 1.63. The first-order valence-corrected chi connectivity index (χ1v) is 11.9. The Kier molecular flexibility index (Phi) is 8.41. The quantitative estimate of drug-likeness (QED) is 0.474. The highest BCUT2D eigenvalue weighted by Crippen LogP contribution is 2.29. The lowest BCUT2D eigenvalue weighted by molar-refractivity contribution is 0.0853. The van der Waals surface area contributed by atoms with Crippen LogP contribution in [0.25, 0.3) is 22.6 Å². The molecule has 2 N–H and O–H groups in total. The van der Waals surface area contributed by atoms with Crippen LogP contribution in [-0.4, -0.2) is 72.2 Å². The lowest BCUT2D eigenvalue weighted by Crippen LogP contribution is -2.37. The van der Waals surface area contributed by atoms with E-state index in [2.05, 4.69) is 22.2 Å². The molecule has 0 aliphatic carbocycles. The monoisotopic (exact) mass is 463 g/mol. The van der Waals surface area contributed by atoms with Gasteiger partial charge in [0.25, 0.3) is 0 Å². The van der Waals surface area contributed by atoms with Crippen LogP contribution in [0.2, 0.25) is 0 Å². The van der Waals surface area contributed by atoms with Gasteiger partial charge < -0.3 is 24.8 Å². The van der Waals surface area contributed by atoms with E-state index in [1.807, 2.05) is 49.4 Å². The normalized spacial score (nSPS) is 15.1. The lowest BCUT2D eigenvalue weighted by atomic mass is 10.1. The lowest BCUT2D eigenvalue weighted by Gasteiger charge is -2.32. The summed E-state index contributed by atoms with van der Waals surface area (Å²) in [5, 5.41) is 13.2. The number of benzene rings is 1. The summed E-state index contributed by atoms with van der Waals surface area (Å²) in [7, 11) is 2.09. The van der Waals surface area contributed by atoms with E-state index in [4.69, 9.17) is 19.4 Å². The van der Waals surface area contributed by atoms with Crippen LogP contribution < -0.4 is 15.0 Å². The van der Waals surface area contributed by atoms with E-state index in [1.165, 1.54) is 0 Å². The van der Waals surface area contributed by atoms with E-state index >= 15 is 0 Å². The average molecular weight is 464 g/mol. The summed E-state index contributed by atoms with van der Waals surface area (Å²) in [6.45, 7) is 5.07. The van der Waals surface area contributed by atoms with Crippen molar-refractivity contribution in [3.63, 3.8) is 0 Å². The molecule has 1 saturated heterocycles. The number of ether oxygens (including phenoxy) is 2. The number of hydrogen-bond donors (Lipinski definition) is 2. The number of nitrogens with one attached hydrogen (secondary N) is 1. The van der Waals surface area contributed by atoms with Gasteiger partial charge >= 0.3 is 0 Å². The number of anilines is 1. The molecule has 1 atom stereocenters. The van der Waals surface area contributed by atoms with Gasteiger partial charge in [-0.1, -0.05) is 19.1 Å². The number of nitrogens with zero attached hydrogens (tertiary/aromatic N) is 4. The third kappa shape index (κ3) is 6.28. The second-order valence-electron chi connectivity index (χ2n) is 8.43. The molecule has 180 valence electrons. The number of pyridine rings is 1. The van der Waals surface area contributed by atoms with Crippen molar-refractivity contribution >= 4 is 5.82 Å². The number of likely N-dealkylation sites (N-methyl/N-ethyl adjacent to an activating group) is 1. The molecule has 1 fully saturated rings. The van der Waals surface area contributed by atoms with Gasteiger partial charge in [-0.05, 0) is 43.7 Å². The van der Waals surface area contributed by atoms with Crippen LogP contribution in [0.3, 0.4) is 0 Å². The molecule has 1 aliphatic heterocycles. The zero-order valence-electron chi connectivity index (χ0n) is 19.9. The molecule has 0 amide bonds. The Morgan fingerprint density at radius 3 is 2.68 bits per heavy atom. The molecule has 1 aromatic carbocycles. The number of aliphatic hydroxyl groups excluding tert-OH is 1. The van der Waals surface area contributed by atoms with Crippen LogP contribution in [0, 0.1) is 0 Å². The van der Waals surface area contributed by atoms with Gasteiger partial charge in [0.05, 0.1) is 5.69 Å². The van der Waals surface area contributed by atoms with E-state index < -0.39 is 6.10 Å². The molecule has 0 bridgehead atoms. The molecular formula is C26H33N5O3. The maximum absolute atomic E-state index is 10.1. The van der Waals surface area contributed by atoms with E-state index in [0.29, 0.717) is 24.2 Å². The summed E-state index contributed by atoms with van der Waals surface area (Å²) < 4.78 is 11.4. The summed E-state index contributed by atoms with van der Waals surface area (Å²) in [5.41, 5.74) is 2.66. The van der Waals surface area contributed by atoms with E-state index in [1.54, 1.807) is 12.4 Å². The van der Waals surface area contributed by atoms with Crippen molar-refractivity contribution in [2.24, 2.45) is 0 Å². The van der Waals surface area contributed by atoms with Crippen molar-refractivity contribution in [3.05, 3.63) is 54.9 Å². The minimum absolute atomic E-state index is 0.222. The van der Waals surface area contributed by atoms with E-state index in [0.717, 1.165) is 55.2 Å². The minimum atomic E-state index is -0.569. The van der Waals surface area contributed by atoms with Crippen LogP contribution in [0.1, 0.15) is 19.8 Å². The molecule has 0 saturated carbocycles. The van der Waals surface area contributed by atoms with Crippen molar-refractivity contribution < 1.29 is 14.6 Å². The van der Waals surface area contributed by atoms with Gasteiger partial charge in [-0.3, -0.25) is 4.98 Å². The van der Waals surface area contributed by atoms with Gasteiger partial charge in [-0.2, -0.15) is 0 Å². The van der Waals surface area contributed by atoms with Gasteiger partial charge in [-0.25, -0.2) is 9.97 Å². The van der Waals surface area contributed by atoms with Crippen molar-refractivity contribution in [1.82, 2.24) is 20.3 Å². The number of hydrogen-bond acceptors (Lipinski definition) is 8. The first-order chi connectivity index (χ1) is 16.6. The zero-order chi connectivity index (χ0) is 23.8. The standard InChI is InChI=1S/C26H33N5O3/c1-3-27-17-22(32)18-34-23-6-4-5-20(15-23)24-16-25(31(2)21-9-13-33-14-10-21)30-26(29-24)19-7-11-28-12-8-19/h4-8,11-12,15-16,21-22,27,32H,3,9-10,13-14,17-18H2,1-2H3. The Morgan fingerprint density at radius 2 is 1.91 bits per heavy atom. The van der Waals surface area contributed by atoms with Crippen LogP contribution in [0.15, 0.2) is 54.9 Å². The second-order valence-corrected chi connectivity index (χ2v) is 8.43. The third-order valence-electron chi connectivity index (χ3n) is 5.95. The zero-order valence-corrected chi connectivity index (χ0v) is 19.9. The number of rotatable bonds is 10. The topological polar surface area (TPSA) is 92.6 Å². The molecule has 8 heteroatoms. The van der Waals surface area contributed by atoms with Crippen LogP contribution in [0.5, 0.6) is 5.75 Å². The van der Waals surface area contributed by atoms with Crippen molar-refractivity contribution in [1.29, 1.82) is 0 Å². The smallest absolute Gasteiger partial charge is 0.162 e. The Hall–Kier alpha value is -3.07. The Morgan fingerprint density at radius 1 is 1.12 bits per heavy atom. The second kappa shape index (κ2) is 11.9. The van der Waals surface area contributed by atoms with Crippen molar-refractivity contribution in [3.8, 4) is 28.4 Å². The molecule has 3 heterocycles. The predicted octanol–water partition coefficient (Wildman–Crippen LogP) is 3.17. The fourth-order valence-corrected chi connectivity index (χ4v) is 3.96. The van der Waals surface area contributed by atoms with Crippen LogP contribution in [0.4, 0.5) is 5.82 Å². The van der Waals surface area contributed by atoms with Crippen molar-refractivity contribution in [2.45, 2.75) is 31.9 Å². The first-order valence-electron chi connectivity index (χ1n) is 11.9. The van der Waals surface area contributed by atoms with E-state index in [9.17, 15) is 5.11 Å². The molecule has 1 unspecified atom stereocenters. The summed E-state index contributed by atoms with van der Waals surface area (Å²) >= 11 is 0. The third-order valence-corrected chi connectivity index (χ3v) is 5.95. The summed E-state index contributed by atoms with van der Waals surface area (Å²) in [5.74, 6) is 2.22. The van der Waals surface area contributed by atoms with Gasteiger partial charge in [0.15, 0.2) is 5.82 Å². The largest absolute Gasteiger partial charge is 0.491 e. The molecule has 4 rings (SSSR count). The maximum Gasteiger partial charge on any atom is 0.162 e. The summed E-state index contributed by atoms with van der Waals surface area (Å²) in [4.78, 5) is 16.1. The Bertz CT molecular complexity index is 1040. The molecular weight excluding hydrogens is 430 g/mol. The minimum Gasteiger partial charge on any atom is -0.491 e. The molecule has 0 spiro atoms. The van der Waals surface area contributed by atoms with Crippen LogP contribution >= 0.6 is 0 Å². The highest BCUT2D eigenvalue weighted by Gasteiger charge is 2.21. The fourth-order valence-electron chi connectivity index (χ4n) is 3.96. The Labute approximate surface area is 201 Å². The predicted molar refractivity (Wildman–Crippen MR) is 133 cm³/mol. The van der Waals surface area contributed by atoms with Gasteiger partial charge in [0.2, 0.25) is 0 Å². The summed E-state index contributed by atoms with van der Waals surface area (Å²) in [6, 6.07) is 14.0. The molecule has 3 aromatic rings. The maximum atomic E-state index is 10.1. The van der Waals surface area contributed by atoms with Crippen molar-refractivity contribution in [2.75, 3.05) is 44.9 Å². The average Bonchev–Trinajstić information content (AvgIpc) is 2.91. The highest BCUT2D eigenvalue weighted by molar-refractivity contribution is 5.68. The SMILES string of the molecule is CCNCC(O)COc1cccc(-c2cc(N(C)C3CCOCC3)nc(-c3ccncc3)n2)c1. The fraction of sp³-hybridized carbons (Fsp3) is 0.423. The number of aromatic nitrogens is 3. The van der Waals surface area contributed by atoms with Gasteiger partial charge in [0, 0.05) is 62.4 Å². The molecule has 1 aliphatic rings. The first kappa shape index (κ1) is 24.1. The molecule has 2 aromatic heterocycles. The molecule has 0 radical (unpaired) electrons. The van der Waals surface area contributed by atoms with Gasteiger partial charge in [0.1, 0.15) is 24.3 Å². The number of aliphatic hydroxyl groups is 1. The van der Waals surface area contributed by atoms with Gasteiger partial charge in [-0.15, -0.1) is 0 Å². The highest BCUT2D eigenvalue weighted by atomic mass is 16.5. The van der Waals surface area contributed by atoms with Crippen LogP contribution in [-0.2, 0) is 4.74 Å². The molecule has 34 heavy (non-hydrogen) atoms. The molecule has 8 nitrogen and oxygen atoms in total. The summed E-state index contributed by atoms with van der Waals surface area (Å²) in [6.07, 6.45) is 4.87. The van der Waals surface area contributed by atoms with E-state index in [-0.39, 0.29) is 6.61 Å².